The number of hydrogen-bond donors (Lipinski definition) is 2. The minimum atomic E-state index is 0.123. The molecule has 2 heterocycles. The van der Waals surface area contributed by atoms with Crippen molar-refractivity contribution >= 4 is 5.96 Å². The van der Waals surface area contributed by atoms with Crippen LogP contribution in [0.25, 0.3) is 0 Å². The van der Waals surface area contributed by atoms with Crippen LogP contribution in [-0.4, -0.2) is 30.1 Å². The summed E-state index contributed by atoms with van der Waals surface area (Å²) in [6, 6.07) is 8.17. The van der Waals surface area contributed by atoms with Crippen LogP contribution >= 0.6 is 0 Å². The third-order valence-electron chi connectivity index (χ3n) is 4.00. The molecule has 1 aliphatic rings. The molecule has 1 aromatic carbocycles. The Labute approximate surface area is 142 Å². The third kappa shape index (κ3) is 3.88. The fourth-order valence-electron chi connectivity index (χ4n) is 2.67. The van der Waals surface area contributed by atoms with Crippen LogP contribution in [0.5, 0.6) is 5.75 Å². The first-order chi connectivity index (χ1) is 11.7. The molecule has 0 fully saturated rings. The van der Waals surface area contributed by atoms with Gasteiger partial charge in [0, 0.05) is 13.0 Å². The van der Waals surface area contributed by atoms with Gasteiger partial charge in [-0.15, -0.1) is 0 Å². The number of nitrogens with zero attached hydrogens (tertiary/aromatic N) is 2. The number of aliphatic imine (C=N–C) groups is 1. The molecule has 1 atom stereocenters. The zero-order chi connectivity index (χ0) is 16.9. The molecule has 24 heavy (non-hydrogen) atoms. The Morgan fingerprint density at radius 1 is 1.29 bits per heavy atom. The lowest BCUT2D eigenvalue weighted by Crippen LogP contribution is -2.42. The van der Waals surface area contributed by atoms with Gasteiger partial charge in [0.05, 0.1) is 12.2 Å². The van der Waals surface area contributed by atoms with Crippen molar-refractivity contribution < 1.29 is 9.15 Å². The van der Waals surface area contributed by atoms with E-state index in [1.54, 1.807) is 0 Å². The van der Waals surface area contributed by atoms with Gasteiger partial charge in [0.1, 0.15) is 24.2 Å². The molecule has 0 saturated carbocycles. The highest BCUT2D eigenvalue weighted by atomic mass is 16.5. The summed E-state index contributed by atoms with van der Waals surface area (Å²) in [4.78, 5) is 8.88. The van der Waals surface area contributed by atoms with Crippen LogP contribution in [0.4, 0.5) is 0 Å². The normalized spacial score (nSPS) is 16.6. The number of ether oxygens (including phenoxy) is 1. The van der Waals surface area contributed by atoms with Crippen LogP contribution in [0, 0.1) is 13.8 Å². The molecule has 1 unspecified atom stereocenters. The van der Waals surface area contributed by atoms with Crippen molar-refractivity contribution in [3.8, 4) is 5.75 Å². The molecule has 1 aromatic heterocycles. The quantitative estimate of drug-likeness (QED) is 0.651. The van der Waals surface area contributed by atoms with Crippen LogP contribution in [0.15, 0.2) is 33.7 Å². The van der Waals surface area contributed by atoms with Gasteiger partial charge in [0.2, 0.25) is 5.89 Å². The van der Waals surface area contributed by atoms with Crippen LogP contribution < -0.4 is 15.4 Å². The molecule has 0 aliphatic carbocycles. The predicted octanol–water partition coefficient (Wildman–Crippen LogP) is 2.35. The summed E-state index contributed by atoms with van der Waals surface area (Å²) in [6.45, 7) is 7.79. The molecule has 6 heteroatoms. The Hall–Kier alpha value is -2.50. The smallest absolute Gasteiger partial charge is 0.216 e. The number of fused-ring (bicyclic) bond motifs is 1. The second-order valence-corrected chi connectivity index (χ2v) is 5.88. The van der Waals surface area contributed by atoms with E-state index in [1.807, 2.05) is 39.0 Å². The van der Waals surface area contributed by atoms with E-state index in [-0.39, 0.29) is 6.10 Å². The van der Waals surface area contributed by atoms with Crippen molar-refractivity contribution in [3.63, 3.8) is 0 Å². The molecule has 2 aromatic rings. The Balaban J connectivity index is 1.55. The number of hydrogen-bond acceptors (Lipinski definition) is 4. The van der Waals surface area contributed by atoms with Gasteiger partial charge in [-0.2, -0.15) is 0 Å². The molecule has 1 aliphatic heterocycles. The highest BCUT2D eigenvalue weighted by Gasteiger charge is 2.22. The van der Waals surface area contributed by atoms with E-state index in [0.717, 1.165) is 36.1 Å². The van der Waals surface area contributed by atoms with Crippen molar-refractivity contribution in [1.29, 1.82) is 0 Å². The van der Waals surface area contributed by atoms with Gasteiger partial charge in [-0.1, -0.05) is 18.2 Å². The maximum absolute atomic E-state index is 5.94. The van der Waals surface area contributed by atoms with Gasteiger partial charge in [0.25, 0.3) is 0 Å². The Morgan fingerprint density at radius 2 is 2.12 bits per heavy atom. The number of para-hydroxylation sites is 1. The van der Waals surface area contributed by atoms with Crippen LogP contribution in [0.3, 0.4) is 0 Å². The molecule has 0 amide bonds. The standard InChI is InChI=1S/C18H24N4O2/c1-4-19-18(21-11-17-22-12(2)13(3)23-17)20-10-15-9-14-7-5-6-8-16(14)24-15/h5-8,15H,4,9-11H2,1-3H3,(H2,19,20,21). The second-order valence-electron chi connectivity index (χ2n) is 5.88. The maximum atomic E-state index is 5.94. The molecule has 0 radical (unpaired) electrons. The summed E-state index contributed by atoms with van der Waals surface area (Å²) in [5.74, 6) is 3.20. The highest BCUT2D eigenvalue weighted by Crippen LogP contribution is 2.27. The average Bonchev–Trinajstić information content (AvgIpc) is 3.13. The van der Waals surface area contributed by atoms with E-state index >= 15 is 0 Å². The third-order valence-corrected chi connectivity index (χ3v) is 4.00. The van der Waals surface area contributed by atoms with E-state index in [2.05, 4.69) is 26.7 Å². The largest absolute Gasteiger partial charge is 0.488 e. The first-order valence-electron chi connectivity index (χ1n) is 8.35. The van der Waals surface area contributed by atoms with Gasteiger partial charge >= 0.3 is 0 Å². The van der Waals surface area contributed by atoms with Crippen molar-refractivity contribution in [2.75, 3.05) is 13.1 Å². The lowest BCUT2D eigenvalue weighted by Gasteiger charge is -2.15. The molecule has 0 saturated heterocycles. The van der Waals surface area contributed by atoms with Crippen molar-refractivity contribution in [1.82, 2.24) is 15.6 Å². The monoisotopic (exact) mass is 328 g/mol. The van der Waals surface area contributed by atoms with E-state index < -0.39 is 0 Å². The number of rotatable bonds is 5. The van der Waals surface area contributed by atoms with Gasteiger partial charge < -0.3 is 19.8 Å². The minimum absolute atomic E-state index is 0.123. The molecular formula is C18H24N4O2. The summed E-state index contributed by atoms with van der Waals surface area (Å²) in [5.41, 5.74) is 2.17. The zero-order valence-electron chi connectivity index (χ0n) is 14.4. The summed E-state index contributed by atoms with van der Waals surface area (Å²) < 4.78 is 11.5. The van der Waals surface area contributed by atoms with Crippen LogP contribution in [-0.2, 0) is 13.0 Å². The van der Waals surface area contributed by atoms with Gasteiger partial charge in [-0.3, -0.25) is 0 Å². The molecule has 3 rings (SSSR count). The van der Waals surface area contributed by atoms with Crippen molar-refractivity contribution in [2.24, 2.45) is 4.99 Å². The Bertz CT molecular complexity index is 679. The average molecular weight is 328 g/mol. The van der Waals surface area contributed by atoms with Gasteiger partial charge in [-0.25, -0.2) is 9.98 Å². The molecule has 2 N–H and O–H groups in total. The maximum Gasteiger partial charge on any atom is 0.216 e. The summed E-state index contributed by atoms with van der Waals surface area (Å²) in [5, 5.41) is 6.57. The lowest BCUT2D eigenvalue weighted by atomic mass is 10.1. The first-order valence-corrected chi connectivity index (χ1v) is 8.35. The number of aryl methyl sites for hydroxylation is 2. The SMILES string of the molecule is CCNC(=NCc1nc(C)c(C)o1)NCC1Cc2ccccc2O1. The van der Waals surface area contributed by atoms with Crippen molar-refractivity contribution in [2.45, 2.75) is 39.8 Å². The Kier molecular flexibility index (Phi) is 5.03. The number of nitrogens with one attached hydrogen (secondary N) is 2. The molecular weight excluding hydrogens is 304 g/mol. The topological polar surface area (TPSA) is 71.7 Å². The fourth-order valence-corrected chi connectivity index (χ4v) is 2.67. The molecule has 0 bridgehead atoms. The number of oxazole rings is 1. The number of benzene rings is 1. The van der Waals surface area contributed by atoms with Gasteiger partial charge in [0.15, 0.2) is 5.96 Å². The zero-order valence-corrected chi connectivity index (χ0v) is 14.4. The number of aromatic nitrogens is 1. The second kappa shape index (κ2) is 7.38. The van der Waals surface area contributed by atoms with Crippen molar-refractivity contribution in [3.05, 3.63) is 47.2 Å². The van der Waals surface area contributed by atoms with Crippen LogP contribution in [0.2, 0.25) is 0 Å². The summed E-state index contributed by atoms with van der Waals surface area (Å²) in [7, 11) is 0. The summed E-state index contributed by atoms with van der Waals surface area (Å²) >= 11 is 0. The highest BCUT2D eigenvalue weighted by molar-refractivity contribution is 5.79. The van der Waals surface area contributed by atoms with E-state index in [9.17, 15) is 0 Å². The summed E-state index contributed by atoms with van der Waals surface area (Å²) in [6.07, 6.45) is 1.04. The molecule has 128 valence electrons. The lowest BCUT2D eigenvalue weighted by molar-refractivity contribution is 0.235. The fraction of sp³-hybridized carbons (Fsp3) is 0.444. The van der Waals surface area contributed by atoms with Gasteiger partial charge in [-0.05, 0) is 32.4 Å². The van der Waals surface area contributed by atoms with Crippen LogP contribution in [0.1, 0.15) is 29.8 Å². The molecule has 6 nitrogen and oxygen atoms in total. The van der Waals surface area contributed by atoms with E-state index in [1.165, 1.54) is 5.56 Å². The minimum Gasteiger partial charge on any atom is -0.488 e. The predicted molar refractivity (Wildman–Crippen MR) is 93.4 cm³/mol. The first kappa shape index (κ1) is 16.4. The Morgan fingerprint density at radius 3 is 2.83 bits per heavy atom. The van der Waals surface area contributed by atoms with E-state index in [0.29, 0.717) is 19.0 Å². The number of guanidine groups is 1. The van der Waals surface area contributed by atoms with E-state index in [4.69, 9.17) is 9.15 Å². The molecule has 0 spiro atoms.